The molecule has 1 fully saturated rings. The molecule has 1 N–H and O–H groups in total. The molecule has 2 amide bonds. The van der Waals surface area contributed by atoms with Gasteiger partial charge in [0.05, 0.1) is 0 Å². The standard InChI is InChI=1S/C19H25N5O/c25-19(20-16-9-3-1-4-10-16)23-12-7-8-15(14-23)18-22-21-17-11-5-2-6-13-24(17)18/h1,3-4,9-10,15H,2,5-8,11-14H2,(H,20,25)/t15-/m1/s1. The van der Waals surface area contributed by atoms with Crippen molar-refractivity contribution in [3.63, 3.8) is 0 Å². The molecule has 1 saturated heterocycles. The van der Waals surface area contributed by atoms with E-state index in [1.54, 1.807) is 0 Å². The molecular weight excluding hydrogens is 314 g/mol. The Bertz CT molecular complexity index is 727. The molecule has 1 atom stereocenters. The Morgan fingerprint density at radius 3 is 2.80 bits per heavy atom. The van der Waals surface area contributed by atoms with Crippen molar-refractivity contribution in [2.75, 3.05) is 18.4 Å². The van der Waals surface area contributed by atoms with Crippen molar-refractivity contribution in [3.05, 3.63) is 42.0 Å². The van der Waals surface area contributed by atoms with Crippen LogP contribution < -0.4 is 5.32 Å². The van der Waals surface area contributed by atoms with E-state index >= 15 is 0 Å². The van der Waals surface area contributed by atoms with Gasteiger partial charge in [0.15, 0.2) is 0 Å². The fourth-order valence-electron chi connectivity index (χ4n) is 3.91. The molecule has 4 rings (SSSR count). The van der Waals surface area contributed by atoms with Gasteiger partial charge in [0.1, 0.15) is 11.6 Å². The molecular formula is C19H25N5O. The highest BCUT2D eigenvalue weighted by molar-refractivity contribution is 5.89. The topological polar surface area (TPSA) is 63.1 Å². The van der Waals surface area contributed by atoms with Crippen molar-refractivity contribution in [2.24, 2.45) is 0 Å². The van der Waals surface area contributed by atoms with Crippen molar-refractivity contribution in [3.8, 4) is 0 Å². The van der Waals surface area contributed by atoms with Crippen LogP contribution in [0.25, 0.3) is 0 Å². The summed E-state index contributed by atoms with van der Waals surface area (Å²) >= 11 is 0. The summed E-state index contributed by atoms with van der Waals surface area (Å²) in [5, 5.41) is 11.9. The number of piperidine rings is 1. The molecule has 6 nitrogen and oxygen atoms in total. The van der Waals surface area contributed by atoms with Gasteiger partial charge >= 0.3 is 6.03 Å². The first-order chi connectivity index (χ1) is 12.3. The Morgan fingerprint density at radius 1 is 1.04 bits per heavy atom. The molecule has 1 aromatic heterocycles. The third-order valence-electron chi connectivity index (χ3n) is 5.24. The van der Waals surface area contributed by atoms with E-state index in [0.717, 1.165) is 56.2 Å². The molecule has 25 heavy (non-hydrogen) atoms. The van der Waals surface area contributed by atoms with E-state index < -0.39 is 0 Å². The van der Waals surface area contributed by atoms with Crippen LogP contribution in [0.3, 0.4) is 0 Å². The quantitative estimate of drug-likeness (QED) is 0.912. The lowest BCUT2D eigenvalue weighted by Gasteiger charge is -2.32. The summed E-state index contributed by atoms with van der Waals surface area (Å²) in [6.07, 6.45) is 6.77. The molecule has 1 aromatic carbocycles. The highest BCUT2D eigenvalue weighted by Crippen LogP contribution is 2.28. The number of carbonyl (C=O) groups excluding carboxylic acids is 1. The van der Waals surface area contributed by atoms with E-state index in [1.165, 1.54) is 19.3 Å². The van der Waals surface area contributed by atoms with Gasteiger partial charge < -0.3 is 14.8 Å². The van der Waals surface area contributed by atoms with Gasteiger partial charge in [0.2, 0.25) is 0 Å². The number of fused-ring (bicyclic) bond motifs is 1. The lowest BCUT2D eigenvalue weighted by Crippen LogP contribution is -2.42. The smallest absolute Gasteiger partial charge is 0.321 e. The summed E-state index contributed by atoms with van der Waals surface area (Å²) in [5.41, 5.74) is 0.839. The number of nitrogens with one attached hydrogen (secondary N) is 1. The molecule has 2 aromatic rings. The highest BCUT2D eigenvalue weighted by Gasteiger charge is 2.29. The molecule has 2 aliphatic rings. The number of carbonyl (C=O) groups is 1. The third kappa shape index (κ3) is 3.52. The second-order valence-electron chi connectivity index (χ2n) is 7.02. The van der Waals surface area contributed by atoms with Crippen LogP contribution >= 0.6 is 0 Å². The number of aromatic nitrogens is 3. The van der Waals surface area contributed by atoms with Gasteiger partial charge in [-0.1, -0.05) is 24.6 Å². The molecule has 0 aliphatic carbocycles. The number of para-hydroxylation sites is 1. The number of rotatable bonds is 2. The lowest BCUT2D eigenvalue weighted by molar-refractivity contribution is 0.190. The Balaban J connectivity index is 1.46. The van der Waals surface area contributed by atoms with Crippen LogP contribution in [0.4, 0.5) is 10.5 Å². The molecule has 0 saturated carbocycles. The zero-order chi connectivity index (χ0) is 17.1. The second kappa shape index (κ2) is 7.25. The Kier molecular flexibility index (Phi) is 4.68. The minimum absolute atomic E-state index is 0.0218. The molecule has 0 bridgehead atoms. The summed E-state index contributed by atoms with van der Waals surface area (Å²) in [5.74, 6) is 2.49. The van der Waals surface area contributed by atoms with E-state index in [0.29, 0.717) is 0 Å². The van der Waals surface area contributed by atoms with Crippen molar-refractivity contribution in [1.82, 2.24) is 19.7 Å². The van der Waals surface area contributed by atoms with Crippen molar-refractivity contribution in [1.29, 1.82) is 0 Å². The highest BCUT2D eigenvalue weighted by atomic mass is 16.2. The normalized spacial score (nSPS) is 20.6. The number of hydrogen-bond donors (Lipinski definition) is 1. The lowest BCUT2D eigenvalue weighted by atomic mass is 9.97. The zero-order valence-corrected chi connectivity index (χ0v) is 14.5. The Morgan fingerprint density at radius 2 is 1.92 bits per heavy atom. The largest absolute Gasteiger partial charge is 0.324 e. The average molecular weight is 339 g/mol. The van der Waals surface area contributed by atoms with Gasteiger partial charge in [0, 0.05) is 37.7 Å². The Hall–Kier alpha value is -2.37. The van der Waals surface area contributed by atoms with Gasteiger partial charge in [-0.2, -0.15) is 0 Å². The van der Waals surface area contributed by atoms with Crippen molar-refractivity contribution >= 4 is 11.7 Å². The van der Waals surface area contributed by atoms with Crippen LogP contribution in [-0.4, -0.2) is 38.8 Å². The first-order valence-electron chi connectivity index (χ1n) is 9.34. The van der Waals surface area contributed by atoms with Gasteiger partial charge in [-0.15, -0.1) is 10.2 Å². The number of aryl methyl sites for hydroxylation is 1. The van der Waals surface area contributed by atoms with Gasteiger partial charge in [0.25, 0.3) is 0 Å². The number of likely N-dealkylation sites (tertiary alicyclic amines) is 1. The van der Waals surface area contributed by atoms with Crippen LogP contribution in [0.1, 0.15) is 49.7 Å². The summed E-state index contributed by atoms with van der Waals surface area (Å²) < 4.78 is 2.32. The number of hydrogen-bond acceptors (Lipinski definition) is 3. The summed E-state index contributed by atoms with van der Waals surface area (Å²) in [6.45, 7) is 2.54. The maximum Gasteiger partial charge on any atom is 0.321 e. The van der Waals surface area contributed by atoms with Crippen LogP contribution in [0.15, 0.2) is 30.3 Å². The van der Waals surface area contributed by atoms with E-state index in [2.05, 4.69) is 20.1 Å². The van der Waals surface area contributed by atoms with Crippen LogP contribution in [0.2, 0.25) is 0 Å². The van der Waals surface area contributed by atoms with Crippen molar-refractivity contribution < 1.29 is 4.79 Å². The van der Waals surface area contributed by atoms with Gasteiger partial charge in [-0.05, 0) is 37.8 Å². The maximum atomic E-state index is 12.6. The first kappa shape index (κ1) is 16.1. The SMILES string of the molecule is O=C(Nc1ccccc1)N1CCC[C@@H](c2nnc3n2CCCCC3)C1. The summed E-state index contributed by atoms with van der Waals surface area (Å²) in [4.78, 5) is 14.5. The van der Waals surface area contributed by atoms with Gasteiger partial charge in [-0.25, -0.2) is 4.79 Å². The molecule has 6 heteroatoms. The minimum atomic E-state index is -0.0218. The van der Waals surface area contributed by atoms with E-state index in [4.69, 9.17) is 0 Å². The number of urea groups is 1. The fourth-order valence-corrected chi connectivity index (χ4v) is 3.91. The van der Waals surface area contributed by atoms with E-state index in [-0.39, 0.29) is 11.9 Å². The molecule has 132 valence electrons. The van der Waals surface area contributed by atoms with Crippen LogP contribution in [-0.2, 0) is 13.0 Å². The Labute approximate surface area is 148 Å². The van der Waals surface area contributed by atoms with E-state index in [9.17, 15) is 4.79 Å². The van der Waals surface area contributed by atoms with E-state index in [1.807, 2.05) is 35.2 Å². The summed E-state index contributed by atoms with van der Waals surface area (Å²) in [7, 11) is 0. The molecule has 0 spiro atoms. The van der Waals surface area contributed by atoms with Gasteiger partial charge in [-0.3, -0.25) is 0 Å². The maximum absolute atomic E-state index is 12.6. The monoisotopic (exact) mass is 339 g/mol. The zero-order valence-electron chi connectivity index (χ0n) is 14.5. The predicted octanol–water partition coefficient (Wildman–Crippen LogP) is 3.42. The minimum Gasteiger partial charge on any atom is -0.324 e. The number of nitrogens with zero attached hydrogens (tertiary/aromatic N) is 4. The van der Waals surface area contributed by atoms with Crippen LogP contribution in [0.5, 0.6) is 0 Å². The van der Waals surface area contributed by atoms with Crippen LogP contribution in [0, 0.1) is 0 Å². The fraction of sp³-hybridized carbons (Fsp3) is 0.526. The number of benzene rings is 1. The number of amides is 2. The number of anilines is 1. The first-order valence-corrected chi connectivity index (χ1v) is 9.34. The summed E-state index contributed by atoms with van der Waals surface area (Å²) in [6, 6.07) is 9.62. The third-order valence-corrected chi connectivity index (χ3v) is 5.24. The molecule has 0 unspecified atom stereocenters. The second-order valence-corrected chi connectivity index (χ2v) is 7.02. The molecule has 2 aliphatic heterocycles. The average Bonchev–Trinajstić information content (AvgIpc) is 2.91. The van der Waals surface area contributed by atoms with Crippen molar-refractivity contribution in [2.45, 2.75) is 51.0 Å². The molecule has 0 radical (unpaired) electrons. The molecule has 3 heterocycles. The predicted molar refractivity (Wildman–Crippen MR) is 96.6 cm³/mol.